The minimum Gasteiger partial charge on any atom is -0.379 e. The highest BCUT2D eigenvalue weighted by atomic mass is 16.5. The van der Waals surface area contributed by atoms with Crippen molar-refractivity contribution in [2.24, 2.45) is 0 Å². The van der Waals surface area contributed by atoms with Gasteiger partial charge in [-0.15, -0.1) is 0 Å². The average Bonchev–Trinajstić information content (AvgIpc) is 2.76. The molecule has 2 heterocycles. The van der Waals surface area contributed by atoms with Crippen molar-refractivity contribution in [1.29, 1.82) is 0 Å². The Bertz CT molecular complexity index is 1040. The number of carbonyl (C=O) groups is 1. The monoisotopic (exact) mass is 392 g/mol. The van der Waals surface area contributed by atoms with E-state index in [0.717, 1.165) is 45.0 Å². The molecular weight excluding hydrogens is 368 g/mol. The predicted octanol–water partition coefficient (Wildman–Crippen LogP) is 1.91. The third kappa shape index (κ3) is 4.88. The van der Waals surface area contributed by atoms with Crippen molar-refractivity contribution in [3.05, 3.63) is 70.6 Å². The lowest BCUT2D eigenvalue weighted by molar-refractivity contribution is -0.116. The van der Waals surface area contributed by atoms with Crippen molar-refractivity contribution < 1.29 is 9.53 Å². The number of hydrogen-bond acceptors (Lipinski definition) is 5. The minimum atomic E-state index is -0.294. The summed E-state index contributed by atoms with van der Waals surface area (Å²) in [6.45, 7) is 4.53. The molecule has 0 spiro atoms. The standard InChI is InChI=1S/C22H24N4O3/c27-21(16-26-20-4-2-1-3-19(20)23-15-22(26)28)24-18-7-5-17(6-8-18)9-10-25-11-13-29-14-12-25/h1-8,15H,9-14,16H2,(H,24,27). The molecule has 7 heteroatoms. The lowest BCUT2D eigenvalue weighted by Gasteiger charge is -2.26. The van der Waals surface area contributed by atoms with Gasteiger partial charge in [-0.05, 0) is 36.2 Å². The number of amides is 1. The summed E-state index contributed by atoms with van der Waals surface area (Å²) in [6, 6.07) is 15.2. The number of fused-ring (bicyclic) bond motifs is 1. The van der Waals surface area contributed by atoms with Crippen molar-refractivity contribution >= 4 is 22.6 Å². The second kappa shape index (κ2) is 8.98. The van der Waals surface area contributed by atoms with Gasteiger partial charge in [-0.25, -0.2) is 4.98 Å². The number of morpholine rings is 1. The zero-order valence-electron chi connectivity index (χ0n) is 16.2. The van der Waals surface area contributed by atoms with Crippen molar-refractivity contribution in [2.45, 2.75) is 13.0 Å². The Morgan fingerprint density at radius 2 is 1.83 bits per heavy atom. The topological polar surface area (TPSA) is 76.5 Å². The van der Waals surface area contributed by atoms with Gasteiger partial charge in [0.05, 0.1) is 30.4 Å². The molecule has 0 saturated carbocycles. The Morgan fingerprint density at radius 3 is 2.62 bits per heavy atom. The smallest absolute Gasteiger partial charge is 0.269 e. The number of nitrogens with one attached hydrogen (secondary N) is 1. The number of ether oxygens (including phenoxy) is 1. The van der Waals surface area contributed by atoms with Gasteiger partial charge in [0.1, 0.15) is 6.54 Å². The van der Waals surface area contributed by atoms with Crippen molar-refractivity contribution in [1.82, 2.24) is 14.5 Å². The molecule has 1 saturated heterocycles. The van der Waals surface area contributed by atoms with Crippen LogP contribution in [0.4, 0.5) is 5.69 Å². The van der Waals surface area contributed by atoms with Gasteiger partial charge in [-0.2, -0.15) is 0 Å². The van der Waals surface area contributed by atoms with E-state index in [0.29, 0.717) is 11.0 Å². The van der Waals surface area contributed by atoms with Crippen LogP contribution in [0.3, 0.4) is 0 Å². The van der Waals surface area contributed by atoms with Crippen molar-refractivity contribution in [3.8, 4) is 0 Å². The molecule has 1 aliphatic heterocycles. The Hall–Kier alpha value is -3.03. The van der Waals surface area contributed by atoms with E-state index >= 15 is 0 Å². The van der Waals surface area contributed by atoms with Gasteiger partial charge in [-0.3, -0.25) is 19.1 Å². The molecule has 7 nitrogen and oxygen atoms in total. The molecule has 1 aromatic heterocycles. The maximum absolute atomic E-state index is 12.5. The first kappa shape index (κ1) is 19.3. The number of anilines is 1. The molecular formula is C22H24N4O3. The molecule has 1 amide bonds. The van der Waals surface area contributed by atoms with Gasteiger partial charge < -0.3 is 10.1 Å². The van der Waals surface area contributed by atoms with Crippen LogP contribution < -0.4 is 10.9 Å². The second-order valence-electron chi connectivity index (χ2n) is 7.12. The van der Waals surface area contributed by atoms with Gasteiger partial charge in [0.15, 0.2) is 0 Å². The van der Waals surface area contributed by atoms with Crippen LogP contribution in [0, 0.1) is 0 Å². The summed E-state index contributed by atoms with van der Waals surface area (Å²) in [5, 5.41) is 2.87. The first-order valence-corrected chi connectivity index (χ1v) is 9.82. The van der Waals surface area contributed by atoms with Crippen LogP contribution >= 0.6 is 0 Å². The fourth-order valence-corrected chi connectivity index (χ4v) is 3.49. The minimum absolute atomic E-state index is 0.0549. The van der Waals surface area contributed by atoms with E-state index in [2.05, 4.69) is 15.2 Å². The summed E-state index contributed by atoms with van der Waals surface area (Å²) in [7, 11) is 0. The first-order valence-electron chi connectivity index (χ1n) is 9.82. The van der Waals surface area contributed by atoms with Crippen LogP contribution in [0.15, 0.2) is 59.5 Å². The lowest BCUT2D eigenvalue weighted by Crippen LogP contribution is -2.37. The van der Waals surface area contributed by atoms with Gasteiger partial charge in [-0.1, -0.05) is 24.3 Å². The third-order valence-corrected chi connectivity index (χ3v) is 5.11. The number of nitrogens with zero attached hydrogens (tertiary/aromatic N) is 3. The van der Waals surface area contributed by atoms with E-state index in [1.54, 1.807) is 6.07 Å². The van der Waals surface area contributed by atoms with E-state index in [-0.39, 0.29) is 18.0 Å². The van der Waals surface area contributed by atoms with Crippen molar-refractivity contribution in [2.75, 3.05) is 38.2 Å². The fraction of sp³-hybridized carbons (Fsp3) is 0.318. The van der Waals surface area contributed by atoms with E-state index in [9.17, 15) is 9.59 Å². The van der Waals surface area contributed by atoms with Crippen LogP contribution in [-0.2, 0) is 22.5 Å². The Labute approximate surface area is 168 Å². The zero-order chi connectivity index (χ0) is 20.1. The molecule has 1 N–H and O–H groups in total. The first-order chi connectivity index (χ1) is 14.2. The molecule has 0 unspecified atom stereocenters. The van der Waals surface area contributed by atoms with Crippen LogP contribution in [0.1, 0.15) is 5.56 Å². The van der Waals surface area contributed by atoms with Crippen LogP contribution in [0.5, 0.6) is 0 Å². The highest BCUT2D eigenvalue weighted by Crippen LogP contribution is 2.12. The molecule has 1 aliphatic rings. The maximum Gasteiger partial charge on any atom is 0.269 e. The van der Waals surface area contributed by atoms with Crippen LogP contribution in [-0.4, -0.2) is 53.2 Å². The normalized spacial score (nSPS) is 14.8. The van der Waals surface area contributed by atoms with Crippen LogP contribution in [0.25, 0.3) is 11.0 Å². The summed E-state index contributed by atoms with van der Waals surface area (Å²) in [5.74, 6) is -0.246. The molecule has 1 fully saturated rings. The van der Waals surface area contributed by atoms with E-state index in [4.69, 9.17) is 4.74 Å². The summed E-state index contributed by atoms with van der Waals surface area (Å²) < 4.78 is 6.81. The van der Waals surface area contributed by atoms with Gasteiger partial charge >= 0.3 is 0 Å². The van der Waals surface area contributed by atoms with E-state index in [1.165, 1.54) is 16.3 Å². The Kier molecular flexibility index (Phi) is 5.97. The largest absolute Gasteiger partial charge is 0.379 e. The van der Waals surface area contributed by atoms with E-state index < -0.39 is 0 Å². The van der Waals surface area contributed by atoms with Gasteiger partial charge in [0.25, 0.3) is 5.56 Å². The quantitative estimate of drug-likeness (QED) is 0.694. The number of aromatic nitrogens is 2. The highest BCUT2D eigenvalue weighted by molar-refractivity contribution is 5.91. The molecule has 0 atom stereocenters. The Morgan fingerprint density at radius 1 is 1.07 bits per heavy atom. The highest BCUT2D eigenvalue weighted by Gasteiger charge is 2.11. The fourth-order valence-electron chi connectivity index (χ4n) is 3.49. The molecule has 3 aromatic rings. The molecule has 0 bridgehead atoms. The molecule has 0 aliphatic carbocycles. The van der Waals surface area contributed by atoms with Gasteiger partial charge in [0.2, 0.25) is 5.91 Å². The molecule has 4 rings (SSSR count). The SMILES string of the molecule is O=C(Cn1c(=O)cnc2ccccc21)Nc1ccc(CCN2CCOCC2)cc1. The van der Waals surface area contributed by atoms with E-state index in [1.807, 2.05) is 42.5 Å². The number of benzene rings is 2. The number of carbonyl (C=O) groups excluding carboxylic acids is 1. The van der Waals surface area contributed by atoms with Gasteiger partial charge in [0, 0.05) is 25.3 Å². The van der Waals surface area contributed by atoms with Crippen molar-refractivity contribution in [3.63, 3.8) is 0 Å². The lowest BCUT2D eigenvalue weighted by atomic mass is 10.1. The second-order valence-corrected chi connectivity index (χ2v) is 7.12. The summed E-state index contributed by atoms with van der Waals surface area (Å²) in [5.41, 5.74) is 2.98. The molecule has 0 radical (unpaired) electrons. The Balaban J connectivity index is 1.36. The van der Waals surface area contributed by atoms with Crippen LogP contribution in [0.2, 0.25) is 0 Å². The third-order valence-electron chi connectivity index (χ3n) is 5.11. The summed E-state index contributed by atoms with van der Waals surface area (Å²) >= 11 is 0. The molecule has 150 valence electrons. The number of rotatable bonds is 6. The molecule has 29 heavy (non-hydrogen) atoms. The average molecular weight is 392 g/mol. The zero-order valence-corrected chi connectivity index (χ0v) is 16.2. The molecule has 2 aromatic carbocycles. The maximum atomic E-state index is 12.5. The number of para-hydroxylation sites is 2. The summed E-state index contributed by atoms with van der Waals surface area (Å²) in [6.07, 6.45) is 2.21. The predicted molar refractivity (Wildman–Crippen MR) is 112 cm³/mol. The number of hydrogen-bond donors (Lipinski definition) is 1. The summed E-state index contributed by atoms with van der Waals surface area (Å²) in [4.78, 5) is 31.2.